The summed E-state index contributed by atoms with van der Waals surface area (Å²) in [7, 11) is 0. The average Bonchev–Trinajstić information content (AvgIpc) is 2.43. The van der Waals surface area contributed by atoms with Crippen LogP contribution in [-0.2, 0) is 0 Å². The molecular formula is C15H29NO. The van der Waals surface area contributed by atoms with Crippen molar-refractivity contribution >= 4 is 0 Å². The Hall–Kier alpha value is -0.0800. The summed E-state index contributed by atoms with van der Waals surface area (Å²) in [5.74, 6) is 2.21. The van der Waals surface area contributed by atoms with E-state index in [0.29, 0.717) is 5.92 Å². The monoisotopic (exact) mass is 239 g/mol. The maximum absolute atomic E-state index is 10.2. The second-order valence-electron chi connectivity index (χ2n) is 6.63. The number of hydrogen-bond acceptors (Lipinski definition) is 2. The first-order valence-corrected chi connectivity index (χ1v) is 7.55. The number of aliphatic hydroxyl groups is 1. The number of hydrogen-bond donors (Lipinski definition) is 1. The molecule has 1 N–H and O–H groups in total. The van der Waals surface area contributed by atoms with Gasteiger partial charge >= 0.3 is 0 Å². The van der Waals surface area contributed by atoms with Crippen molar-refractivity contribution < 1.29 is 5.11 Å². The van der Waals surface area contributed by atoms with Gasteiger partial charge in [0, 0.05) is 19.6 Å². The summed E-state index contributed by atoms with van der Waals surface area (Å²) in [6.07, 6.45) is 7.48. The summed E-state index contributed by atoms with van der Waals surface area (Å²) in [5.41, 5.74) is 0. The molecule has 100 valence electrons. The molecular weight excluding hydrogens is 210 g/mol. The van der Waals surface area contributed by atoms with E-state index in [4.69, 9.17) is 0 Å². The Morgan fingerprint density at radius 1 is 1.00 bits per heavy atom. The van der Waals surface area contributed by atoms with Crippen LogP contribution in [0.2, 0.25) is 0 Å². The highest BCUT2D eigenvalue weighted by molar-refractivity contribution is 4.80. The van der Waals surface area contributed by atoms with Crippen LogP contribution in [0.5, 0.6) is 0 Å². The molecule has 0 aromatic rings. The van der Waals surface area contributed by atoms with Gasteiger partial charge in [0.15, 0.2) is 0 Å². The fraction of sp³-hybridized carbons (Fsp3) is 1.00. The van der Waals surface area contributed by atoms with Crippen molar-refractivity contribution in [2.45, 2.75) is 58.5 Å². The zero-order valence-electron chi connectivity index (χ0n) is 11.6. The van der Waals surface area contributed by atoms with Crippen LogP contribution < -0.4 is 0 Å². The number of likely N-dealkylation sites (tertiary alicyclic amines) is 1. The Balaban J connectivity index is 1.85. The van der Waals surface area contributed by atoms with Crippen LogP contribution in [0.25, 0.3) is 0 Å². The van der Waals surface area contributed by atoms with Gasteiger partial charge in [0.05, 0.1) is 6.10 Å². The van der Waals surface area contributed by atoms with Gasteiger partial charge in [-0.2, -0.15) is 0 Å². The molecule has 1 saturated carbocycles. The van der Waals surface area contributed by atoms with Crippen molar-refractivity contribution in [1.82, 2.24) is 4.90 Å². The van der Waals surface area contributed by atoms with Gasteiger partial charge in [-0.25, -0.2) is 0 Å². The summed E-state index contributed by atoms with van der Waals surface area (Å²) in [6, 6.07) is 0. The van der Waals surface area contributed by atoms with Gasteiger partial charge in [-0.05, 0) is 37.0 Å². The SMILES string of the molecule is CC1CC(C)CN(CC2CCCCCC2O)C1. The first-order chi connectivity index (χ1) is 8.15. The van der Waals surface area contributed by atoms with Gasteiger partial charge in [0.2, 0.25) is 0 Å². The number of piperidine rings is 1. The smallest absolute Gasteiger partial charge is 0.0580 e. The first-order valence-electron chi connectivity index (χ1n) is 7.55. The van der Waals surface area contributed by atoms with Gasteiger partial charge in [-0.15, -0.1) is 0 Å². The van der Waals surface area contributed by atoms with Crippen molar-refractivity contribution in [1.29, 1.82) is 0 Å². The summed E-state index contributed by atoms with van der Waals surface area (Å²) >= 11 is 0. The van der Waals surface area contributed by atoms with E-state index >= 15 is 0 Å². The summed E-state index contributed by atoms with van der Waals surface area (Å²) in [6.45, 7) is 8.36. The lowest BCUT2D eigenvalue weighted by Gasteiger charge is -2.37. The summed E-state index contributed by atoms with van der Waals surface area (Å²) < 4.78 is 0. The van der Waals surface area contributed by atoms with E-state index in [2.05, 4.69) is 18.7 Å². The summed E-state index contributed by atoms with van der Waals surface area (Å²) in [4.78, 5) is 2.61. The third kappa shape index (κ3) is 3.96. The molecule has 2 rings (SSSR count). The molecule has 0 spiro atoms. The molecule has 4 atom stereocenters. The van der Waals surface area contributed by atoms with E-state index in [1.54, 1.807) is 0 Å². The quantitative estimate of drug-likeness (QED) is 0.749. The topological polar surface area (TPSA) is 23.5 Å². The Bertz CT molecular complexity index is 221. The Morgan fingerprint density at radius 3 is 2.35 bits per heavy atom. The van der Waals surface area contributed by atoms with Gasteiger partial charge in [0.1, 0.15) is 0 Å². The zero-order valence-corrected chi connectivity index (χ0v) is 11.6. The first kappa shape index (κ1) is 13.4. The second kappa shape index (κ2) is 6.19. The van der Waals surface area contributed by atoms with Crippen molar-refractivity contribution in [3.63, 3.8) is 0 Å². The molecule has 0 aromatic heterocycles. The van der Waals surface area contributed by atoms with Crippen molar-refractivity contribution in [2.24, 2.45) is 17.8 Å². The highest BCUT2D eigenvalue weighted by Crippen LogP contribution is 2.27. The number of nitrogens with zero attached hydrogens (tertiary/aromatic N) is 1. The van der Waals surface area contributed by atoms with Gasteiger partial charge in [-0.1, -0.05) is 33.1 Å². The molecule has 17 heavy (non-hydrogen) atoms. The van der Waals surface area contributed by atoms with Crippen molar-refractivity contribution in [3.8, 4) is 0 Å². The molecule has 1 heterocycles. The van der Waals surface area contributed by atoms with Crippen LogP contribution in [-0.4, -0.2) is 35.7 Å². The normalized spacial score (nSPS) is 41.1. The highest BCUT2D eigenvalue weighted by Gasteiger charge is 2.27. The molecule has 1 aliphatic heterocycles. The molecule has 1 saturated heterocycles. The minimum atomic E-state index is -0.0370. The fourth-order valence-electron chi connectivity index (χ4n) is 3.85. The second-order valence-corrected chi connectivity index (χ2v) is 6.63. The molecule has 1 aliphatic carbocycles. The van der Waals surface area contributed by atoms with Crippen molar-refractivity contribution in [3.05, 3.63) is 0 Å². The van der Waals surface area contributed by atoms with Crippen LogP contribution in [0.15, 0.2) is 0 Å². The van der Waals surface area contributed by atoms with E-state index in [1.807, 2.05) is 0 Å². The van der Waals surface area contributed by atoms with Crippen LogP contribution in [0, 0.1) is 17.8 Å². The molecule has 2 fully saturated rings. The van der Waals surface area contributed by atoms with E-state index in [0.717, 1.165) is 24.8 Å². The third-order valence-electron chi connectivity index (χ3n) is 4.56. The van der Waals surface area contributed by atoms with Gasteiger partial charge in [-0.3, -0.25) is 0 Å². The zero-order chi connectivity index (χ0) is 12.3. The maximum Gasteiger partial charge on any atom is 0.0580 e. The van der Waals surface area contributed by atoms with E-state index in [9.17, 15) is 5.11 Å². The van der Waals surface area contributed by atoms with Crippen molar-refractivity contribution in [2.75, 3.05) is 19.6 Å². The average molecular weight is 239 g/mol. The van der Waals surface area contributed by atoms with Crippen LogP contribution in [0.4, 0.5) is 0 Å². The minimum absolute atomic E-state index is 0.0370. The fourth-order valence-corrected chi connectivity index (χ4v) is 3.85. The predicted octanol–water partition coefficient (Wildman–Crippen LogP) is 2.91. The van der Waals surface area contributed by atoms with Crippen LogP contribution >= 0.6 is 0 Å². The van der Waals surface area contributed by atoms with E-state index in [-0.39, 0.29) is 6.10 Å². The molecule has 0 amide bonds. The van der Waals surface area contributed by atoms with Gasteiger partial charge in [0.25, 0.3) is 0 Å². The van der Waals surface area contributed by atoms with Crippen LogP contribution in [0.1, 0.15) is 52.4 Å². The molecule has 2 nitrogen and oxygen atoms in total. The molecule has 0 aromatic carbocycles. The number of rotatable bonds is 2. The third-order valence-corrected chi connectivity index (χ3v) is 4.56. The molecule has 2 heteroatoms. The standard InChI is InChI=1S/C15H29NO/c1-12-8-13(2)10-16(9-12)11-14-6-4-3-5-7-15(14)17/h12-15,17H,3-11H2,1-2H3. The minimum Gasteiger partial charge on any atom is -0.393 e. The molecule has 0 radical (unpaired) electrons. The molecule has 4 unspecified atom stereocenters. The van der Waals surface area contributed by atoms with Gasteiger partial charge < -0.3 is 10.0 Å². The maximum atomic E-state index is 10.2. The van der Waals surface area contributed by atoms with E-state index < -0.39 is 0 Å². The highest BCUT2D eigenvalue weighted by atomic mass is 16.3. The Kier molecular flexibility index (Phi) is 4.87. The molecule has 0 bridgehead atoms. The largest absolute Gasteiger partial charge is 0.393 e. The predicted molar refractivity (Wildman–Crippen MR) is 72.0 cm³/mol. The lowest BCUT2D eigenvalue weighted by atomic mass is 9.89. The van der Waals surface area contributed by atoms with Crippen LogP contribution in [0.3, 0.4) is 0 Å². The lowest BCUT2D eigenvalue weighted by molar-refractivity contribution is 0.0512. The van der Waals surface area contributed by atoms with E-state index in [1.165, 1.54) is 45.2 Å². The Labute approximate surface area is 106 Å². The number of aliphatic hydroxyl groups excluding tert-OH is 1. The summed E-state index contributed by atoms with van der Waals surface area (Å²) in [5, 5.41) is 10.2. The lowest BCUT2D eigenvalue weighted by Crippen LogP contribution is -2.43. The molecule has 2 aliphatic rings. The Morgan fingerprint density at radius 2 is 1.65 bits per heavy atom.